The van der Waals surface area contributed by atoms with Gasteiger partial charge in [0.25, 0.3) is 0 Å². The minimum Gasteiger partial charge on any atom is -0.364 e. The van der Waals surface area contributed by atoms with Gasteiger partial charge in [0.1, 0.15) is 0 Å². The van der Waals surface area contributed by atoms with Crippen LogP contribution in [0.2, 0.25) is 5.02 Å². The Morgan fingerprint density at radius 2 is 1.84 bits per heavy atom. The number of rotatable bonds is 4. The second-order valence-corrected chi connectivity index (χ2v) is 4.36. The highest BCUT2D eigenvalue weighted by Crippen LogP contribution is 2.22. The lowest BCUT2D eigenvalue weighted by Gasteiger charge is -2.14. The second-order valence-electron chi connectivity index (χ2n) is 3.95. The summed E-state index contributed by atoms with van der Waals surface area (Å²) >= 11 is 6.00. The lowest BCUT2D eigenvalue weighted by molar-refractivity contribution is -0.112. The first kappa shape index (κ1) is 13.6. The van der Waals surface area contributed by atoms with Crippen molar-refractivity contribution < 1.29 is 9.84 Å². The molecule has 0 aliphatic rings. The summed E-state index contributed by atoms with van der Waals surface area (Å²) in [7, 11) is 0. The SMILES string of the molecule is N#Cc1ccccc1C(O)OCc1ccccc1Cl. The predicted octanol–water partition coefficient (Wildman–Crippen LogP) is 3.42. The lowest BCUT2D eigenvalue weighted by Crippen LogP contribution is -2.05. The van der Waals surface area contributed by atoms with Crippen molar-refractivity contribution in [2.75, 3.05) is 0 Å². The molecule has 0 aliphatic carbocycles. The Morgan fingerprint density at radius 1 is 1.16 bits per heavy atom. The zero-order chi connectivity index (χ0) is 13.7. The van der Waals surface area contributed by atoms with Crippen LogP contribution in [0.4, 0.5) is 0 Å². The third kappa shape index (κ3) is 3.33. The second kappa shape index (κ2) is 6.35. The van der Waals surface area contributed by atoms with Crippen molar-refractivity contribution in [1.29, 1.82) is 5.26 Å². The molecule has 0 amide bonds. The van der Waals surface area contributed by atoms with E-state index >= 15 is 0 Å². The van der Waals surface area contributed by atoms with Gasteiger partial charge in [-0.05, 0) is 17.7 Å². The zero-order valence-corrected chi connectivity index (χ0v) is 10.8. The van der Waals surface area contributed by atoms with E-state index in [4.69, 9.17) is 21.6 Å². The molecule has 0 heterocycles. The van der Waals surface area contributed by atoms with Crippen LogP contribution in [-0.2, 0) is 11.3 Å². The summed E-state index contributed by atoms with van der Waals surface area (Å²) in [5.41, 5.74) is 1.64. The zero-order valence-electron chi connectivity index (χ0n) is 10.1. The highest BCUT2D eigenvalue weighted by Gasteiger charge is 2.12. The summed E-state index contributed by atoms with van der Waals surface area (Å²) in [5, 5.41) is 19.5. The Hall–Kier alpha value is -1.86. The Morgan fingerprint density at radius 3 is 2.58 bits per heavy atom. The molecule has 0 saturated heterocycles. The highest BCUT2D eigenvalue weighted by atomic mass is 35.5. The van der Waals surface area contributed by atoms with Gasteiger partial charge in [-0.3, -0.25) is 0 Å². The van der Waals surface area contributed by atoms with Crippen LogP contribution in [0.15, 0.2) is 48.5 Å². The smallest absolute Gasteiger partial charge is 0.182 e. The fourth-order valence-corrected chi connectivity index (χ4v) is 1.88. The third-order valence-electron chi connectivity index (χ3n) is 2.70. The molecule has 0 fully saturated rings. The highest BCUT2D eigenvalue weighted by molar-refractivity contribution is 6.31. The third-order valence-corrected chi connectivity index (χ3v) is 3.07. The van der Waals surface area contributed by atoms with Crippen molar-refractivity contribution in [3.8, 4) is 6.07 Å². The normalized spacial score (nSPS) is 11.8. The molecular weight excluding hydrogens is 262 g/mol. The van der Waals surface area contributed by atoms with Gasteiger partial charge in [0.2, 0.25) is 0 Å². The molecule has 0 saturated carbocycles. The molecule has 0 aliphatic heterocycles. The maximum absolute atomic E-state index is 9.97. The van der Waals surface area contributed by atoms with Crippen LogP contribution < -0.4 is 0 Å². The van der Waals surface area contributed by atoms with Crippen LogP contribution in [-0.4, -0.2) is 5.11 Å². The Kier molecular flexibility index (Phi) is 4.53. The van der Waals surface area contributed by atoms with Crippen LogP contribution in [0.5, 0.6) is 0 Å². The van der Waals surface area contributed by atoms with E-state index < -0.39 is 6.29 Å². The molecule has 0 radical (unpaired) electrons. The van der Waals surface area contributed by atoms with Crippen molar-refractivity contribution in [2.24, 2.45) is 0 Å². The molecule has 1 unspecified atom stereocenters. The van der Waals surface area contributed by atoms with E-state index in [1.165, 1.54) is 0 Å². The number of aliphatic hydroxyl groups excluding tert-OH is 1. The number of nitriles is 1. The Balaban J connectivity index is 2.08. The van der Waals surface area contributed by atoms with Gasteiger partial charge < -0.3 is 9.84 Å². The van der Waals surface area contributed by atoms with E-state index in [9.17, 15) is 5.11 Å². The van der Waals surface area contributed by atoms with Crippen LogP contribution in [0.25, 0.3) is 0 Å². The molecule has 0 bridgehead atoms. The first-order valence-electron chi connectivity index (χ1n) is 5.74. The van der Waals surface area contributed by atoms with Gasteiger partial charge in [-0.2, -0.15) is 5.26 Å². The van der Waals surface area contributed by atoms with Crippen molar-refractivity contribution in [3.63, 3.8) is 0 Å². The van der Waals surface area contributed by atoms with Crippen molar-refractivity contribution >= 4 is 11.6 Å². The average molecular weight is 274 g/mol. The molecule has 19 heavy (non-hydrogen) atoms. The maximum Gasteiger partial charge on any atom is 0.182 e. The van der Waals surface area contributed by atoms with Crippen molar-refractivity contribution in [3.05, 3.63) is 70.2 Å². The molecule has 0 spiro atoms. The molecule has 96 valence electrons. The largest absolute Gasteiger partial charge is 0.364 e. The van der Waals surface area contributed by atoms with Crippen LogP contribution in [0.3, 0.4) is 0 Å². The standard InChI is InChI=1S/C15H12ClNO2/c16-14-8-4-2-6-12(14)10-19-15(18)13-7-3-1-5-11(13)9-17/h1-8,15,18H,10H2. The van der Waals surface area contributed by atoms with E-state index in [2.05, 4.69) is 0 Å². The maximum atomic E-state index is 9.97. The first-order valence-corrected chi connectivity index (χ1v) is 6.12. The molecule has 2 aromatic rings. The average Bonchev–Trinajstić information content (AvgIpc) is 2.46. The van der Waals surface area contributed by atoms with E-state index in [-0.39, 0.29) is 6.61 Å². The number of ether oxygens (including phenoxy) is 1. The summed E-state index contributed by atoms with van der Waals surface area (Å²) in [5.74, 6) is 0. The monoisotopic (exact) mass is 273 g/mol. The minimum absolute atomic E-state index is 0.181. The Bertz CT molecular complexity index is 607. The number of benzene rings is 2. The number of nitrogens with zero attached hydrogens (tertiary/aromatic N) is 1. The van der Waals surface area contributed by atoms with E-state index in [0.29, 0.717) is 16.1 Å². The summed E-state index contributed by atoms with van der Waals surface area (Å²) in [6, 6.07) is 16.1. The quantitative estimate of drug-likeness (QED) is 0.869. The summed E-state index contributed by atoms with van der Waals surface area (Å²) in [6.07, 6.45) is -1.15. The molecular formula is C15H12ClNO2. The predicted molar refractivity (Wildman–Crippen MR) is 72.4 cm³/mol. The van der Waals surface area contributed by atoms with Crippen molar-refractivity contribution in [2.45, 2.75) is 12.9 Å². The van der Waals surface area contributed by atoms with Gasteiger partial charge in [-0.1, -0.05) is 48.0 Å². The number of hydrogen-bond donors (Lipinski definition) is 1. The summed E-state index contributed by atoms with van der Waals surface area (Å²) < 4.78 is 5.36. The van der Waals surface area contributed by atoms with Gasteiger partial charge in [-0.15, -0.1) is 0 Å². The molecule has 0 aromatic heterocycles. The topological polar surface area (TPSA) is 53.2 Å². The number of halogens is 1. The van der Waals surface area contributed by atoms with Crippen molar-refractivity contribution in [1.82, 2.24) is 0 Å². The van der Waals surface area contributed by atoms with Crippen LogP contribution >= 0.6 is 11.6 Å². The number of aliphatic hydroxyl groups is 1. The van der Waals surface area contributed by atoms with Gasteiger partial charge in [-0.25, -0.2) is 0 Å². The molecule has 3 nitrogen and oxygen atoms in total. The van der Waals surface area contributed by atoms with Gasteiger partial charge in [0, 0.05) is 10.6 Å². The van der Waals surface area contributed by atoms with E-state index in [1.54, 1.807) is 30.3 Å². The van der Waals surface area contributed by atoms with E-state index in [0.717, 1.165) is 5.56 Å². The molecule has 2 rings (SSSR count). The molecule has 1 atom stereocenters. The summed E-state index contributed by atoms with van der Waals surface area (Å²) in [6.45, 7) is 0.181. The van der Waals surface area contributed by atoms with Crippen LogP contribution in [0.1, 0.15) is 23.0 Å². The fourth-order valence-electron chi connectivity index (χ4n) is 1.69. The molecule has 1 N–H and O–H groups in total. The minimum atomic E-state index is -1.15. The summed E-state index contributed by atoms with van der Waals surface area (Å²) in [4.78, 5) is 0. The fraction of sp³-hybridized carbons (Fsp3) is 0.133. The Labute approximate surface area is 116 Å². The van der Waals surface area contributed by atoms with Gasteiger partial charge in [0.05, 0.1) is 18.2 Å². The first-order chi connectivity index (χ1) is 9.22. The van der Waals surface area contributed by atoms with Gasteiger partial charge in [0.15, 0.2) is 6.29 Å². The van der Waals surface area contributed by atoms with E-state index in [1.807, 2.05) is 24.3 Å². The van der Waals surface area contributed by atoms with Crippen LogP contribution in [0, 0.1) is 11.3 Å². The van der Waals surface area contributed by atoms with Gasteiger partial charge >= 0.3 is 0 Å². The number of hydrogen-bond acceptors (Lipinski definition) is 3. The molecule has 2 aromatic carbocycles. The lowest BCUT2D eigenvalue weighted by atomic mass is 10.1. The molecule has 4 heteroatoms.